The van der Waals surface area contributed by atoms with Crippen molar-refractivity contribution in [3.8, 4) is 0 Å². The van der Waals surface area contributed by atoms with Gasteiger partial charge in [-0.1, -0.05) is 0 Å². The number of rotatable bonds is 5. The van der Waals surface area contributed by atoms with Gasteiger partial charge in [0.05, 0.1) is 0 Å². The zero-order valence-corrected chi connectivity index (χ0v) is 11.0. The van der Waals surface area contributed by atoms with Crippen molar-refractivity contribution in [2.24, 2.45) is 0 Å². The third kappa shape index (κ3) is 2.64. The molecule has 1 aromatic heterocycles. The molecule has 6 heteroatoms. The Labute approximate surface area is 107 Å². The summed E-state index contributed by atoms with van der Waals surface area (Å²) in [5, 5.41) is 6.97. The molecule has 1 saturated carbocycles. The SMILES string of the molecule is CN(C)C1(CNC(=O)Cn2ccc(N)n2)CCC1. The van der Waals surface area contributed by atoms with Crippen molar-refractivity contribution in [1.29, 1.82) is 0 Å². The molecule has 3 N–H and O–H groups in total. The Hall–Kier alpha value is -1.56. The molecule has 1 aromatic rings. The number of hydrogen-bond donors (Lipinski definition) is 2. The van der Waals surface area contributed by atoms with Crippen LogP contribution < -0.4 is 11.1 Å². The Morgan fingerprint density at radius 3 is 2.78 bits per heavy atom. The minimum atomic E-state index is -0.0220. The third-order valence-electron chi connectivity index (χ3n) is 3.81. The number of nitrogen functional groups attached to an aromatic ring is 1. The van der Waals surface area contributed by atoms with E-state index in [2.05, 4.69) is 29.4 Å². The van der Waals surface area contributed by atoms with Gasteiger partial charge in [0.2, 0.25) is 5.91 Å². The average molecular weight is 251 g/mol. The second-order valence-electron chi connectivity index (χ2n) is 5.19. The van der Waals surface area contributed by atoms with Crippen molar-refractivity contribution in [2.45, 2.75) is 31.3 Å². The lowest BCUT2D eigenvalue weighted by atomic mass is 9.75. The van der Waals surface area contributed by atoms with E-state index in [1.54, 1.807) is 16.9 Å². The molecule has 2 rings (SSSR count). The molecule has 0 bridgehead atoms. The lowest BCUT2D eigenvalue weighted by molar-refractivity contribution is -0.122. The first-order chi connectivity index (χ1) is 8.52. The standard InChI is InChI=1S/C12H21N5O/c1-16(2)12(5-3-6-12)9-14-11(18)8-17-7-4-10(13)15-17/h4,7H,3,5-6,8-9H2,1-2H3,(H2,13,15)(H,14,18). The summed E-state index contributed by atoms with van der Waals surface area (Å²) in [5.41, 5.74) is 5.65. The van der Waals surface area contributed by atoms with Gasteiger partial charge in [0.25, 0.3) is 0 Å². The fraction of sp³-hybridized carbons (Fsp3) is 0.667. The summed E-state index contributed by atoms with van der Waals surface area (Å²) in [7, 11) is 4.14. The molecule has 1 fully saturated rings. The highest BCUT2D eigenvalue weighted by molar-refractivity contribution is 5.75. The molecule has 6 nitrogen and oxygen atoms in total. The Bertz CT molecular complexity index is 422. The minimum Gasteiger partial charge on any atom is -0.382 e. The first kappa shape index (κ1) is 12.9. The smallest absolute Gasteiger partial charge is 0.241 e. The number of nitrogens with two attached hydrogens (primary N) is 1. The van der Waals surface area contributed by atoms with E-state index in [-0.39, 0.29) is 18.0 Å². The van der Waals surface area contributed by atoms with E-state index in [1.807, 2.05) is 0 Å². The first-order valence-corrected chi connectivity index (χ1v) is 6.25. The molecule has 0 atom stereocenters. The van der Waals surface area contributed by atoms with E-state index in [4.69, 9.17) is 5.73 Å². The largest absolute Gasteiger partial charge is 0.382 e. The lowest BCUT2D eigenvalue weighted by Crippen LogP contribution is -2.57. The topological polar surface area (TPSA) is 76.2 Å². The quantitative estimate of drug-likeness (QED) is 0.776. The maximum Gasteiger partial charge on any atom is 0.241 e. The number of carbonyl (C=O) groups excluding carboxylic acids is 1. The van der Waals surface area contributed by atoms with Gasteiger partial charge in [0.1, 0.15) is 12.4 Å². The Morgan fingerprint density at radius 2 is 2.33 bits per heavy atom. The van der Waals surface area contributed by atoms with Crippen molar-refractivity contribution >= 4 is 11.7 Å². The molecule has 0 aliphatic heterocycles. The van der Waals surface area contributed by atoms with Crippen LogP contribution in [0.1, 0.15) is 19.3 Å². The van der Waals surface area contributed by atoms with Gasteiger partial charge < -0.3 is 16.0 Å². The van der Waals surface area contributed by atoms with E-state index in [1.165, 1.54) is 6.42 Å². The second kappa shape index (κ2) is 4.97. The fourth-order valence-electron chi connectivity index (χ4n) is 2.30. The lowest BCUT2D eigenvalue weighted by Gasteiger charge is -2.47. The number of nitrogens with zero attached hydrogens (tertiary/aromatic N) is 3. The van der Waals surface area contributed by atoms with Gasteiger partial charge in [-0.15, -0.1) is 0 Å². The molecule has 0 unspecified atom stereocenters. The van der Waals surface area contributed by atoms with Crippen LogP contribution in [-0.4, -0.2) is 46.8 Å². The number of hydrogen-bond acceptors (Lipinski definition) is 4. The highest BCUT2D eigenvalue weighted by Crippen LogP contribution is 2.35. The summed E-state index contributed by atoms with van der Waals surface area (Å²) < 4.78 is 1.55. The van der Waals surface area contributed by atoms with Gasteiger partial charge in [-0.05, 0) is 39.4 Å². The minimum absolute atomic E-state index is 0.0220. The van der Waals surface area contributed by atoms with E-state index < -0.39 is 0 Å². The summed E-state index contributed by atoms with van der Waals surface area (Å²) in [4.78, 5) is 14.0. The predicted molar refractivity (Wildman–Crippen MR) is 69.9 cm³/mol. The number of likely N-dealkylation sites (N-methyl/N-ethyl adjacent to an activating group) is 1. The van der Waals surface area contributed by atoms with Crippen LogP contribution in [0.15, 0.2) is 12.3 Å². The van der Waals surface area contributed by atoms with Gasteiger partial charge in [-0.25, -0.2) is 0 Å². The van der Waals surface area contributed by atoms with Crippen LogP contribution in [-0.2, 0) is 11.3 Å². The summed E-state index contributed by atoms with van der Waals surface area (Å²) in [6, 6.07) is 1.68. The van der Waals surface area contributed by atoms with Gasteiger partial charge >= 0.3 is 0 Å². The summed E-state index contributed by atoms with van der Waals surface area (Å²) in [6.45, 7) is 0.927. The van der Waals surface area contributed by atoms with Crippen molar-refractivity contribution in [1.82, 2.24) is 20.0 Å². The third-order valence-corrected chi connectivity index (χ3v) is 3.81. The molecule has 100 valence electrons. The molecule has 18 heavy (non-hydrogen) atoms. The molecule has 0 radical (unpaired) electrons. The number of aromatic nitrogens is 2. The Morgan fingerprint density at radius 1 is 1.61 bits per heavy atom. The molecule has 1 aliphatic carbocycles. The number of anilines is 1. The van der Waals surface area contributed by atoms with Gasteiger partial charge in [0, 0.05) is 18.3 Å². The highest BCUT2D eigenvalue weighted by Gasteiger charge is 2.39. The normalized spacial score (nSPS) is 17.5. The molecular weight excluding hydrogens is 230 g/mol. The van der Waals surface area contributed by atoms with E-state index >= 15 is 0 Å². The molecular formula is C12H21N5O. The van der Waals surface area contributed by atoms with Crippen LogP contribution in [0.2, 0.25) is 0 Å². The van der Waals surface area contributed by atoms with Crippen LogP contribution >= 0.6 is 0 Å². The average Bonchev–Trinajstić information content (AvgIpc) is 2.61. The summed E-state index contributed by atoms with van der Waals surface area (Å²) in [5.74, 6) is 0.415. The van der Waals surface area contributed by atoms with Crippen molar-refractivity contribution in [3.63, 3.8) is 0 Å². The van der Waals surface area contributed by atoms with Crippen molar-refractivity contribution in [2.75, 3.05) is 26.4 Å². The van der Waals surface area contributed by atoms with Crippen molar-refractivity contribution < 1.29 is 4.79 Å². The van der Waals surface area contributed by atoms with E-state index in [0.717, 1.165) is 12.8 Å². The monoisotopic (exact) mass is 251 g/mol. The van der Waals surface area contributed by atoms with Crippen LogP contribution in [0.5, 0.6) is 0 Å². The molecule has 0 aromatic carbocycles. The molecule has 0 spiro atoms. The van der Waals surface area contributed by atoms with Gasteiger partial charge in [0.15, 0.2) is 0 Å². The van der Waals surface area contributed by atoms with E-state index in [0.29, 0.717) is 12.4 Å². The van der Waals surface area contributed by atoms with Crippen LogP contribution in [0.4, 0.5) is 5.82 Å². The van der Waals surface area contributed by atoms with Gasteiger partial charge in [-0.3, -0.25) is 9.48 Å². The number of nitrogens with one attached hydrogen (secondary N) is 1. The Balaban J connectivity index is 1.81. The fourth-order valence-corrected chi connectivity index (χ4v) is 2.30. The van der Waals surface area contributed by atoms with Crippen LogP contribution in [0, 0.1) is 0 Å². The number of carbonyl (C=O) groups is 1. The molecule has 1 heterocycles. The van der Waals surface area contributed by atoms with E-state index in [9.17, 15) is 4.79 Å². The molecule has 1 amide bonds. The predicted octanol–water partition coefficient (Wildman–Crippen LogP) is 0.0658. The first-order valence-electron chi connectivity index (χ1n) is 6.25. The van der Waals surface area contributed by atoms with Crippen molar-refractivity contribution in [3.05, 3.63) is 12.3 Å². The molecule has 1 aliphatic rings. The zero-order valence-electron chi connectivity index (χ0n) is 11.0. The second-order valence-corrected chi connectivity index (χ2v) is 5.19. The van der Waals surface area contributed by atoms with Crippen LogP contribution in [0.25, 0.3) is 0 Å². The zero-order chi connectivity index (χ0) is 13.2. The Kier molecular flexibility index (Phi) is 3.56. The molecule has 0 saturated heterocycles. The number of amides is 1. The maximum absolute atomic E-state index is 11.8. The highest BCUT2D eigenvalue weighted by atomic mass is 16.2. The summed E-state index contributed by atoms with van der Waals surface area (Å²) >= 11 is 0. The van der Waals surface area contributed by atoms with Crippen LogP contribution in [0.3, 0.4) is 0 Å². The maximum atomic E-state index is 11.8. The van der Waals surface area contributed by atoms with Gasteiger partial charge in [-0.2, -0.15) is 5.10 Å². The summed E-state index contributed by atoms with van der Waals surface area (Å²) in [6.07, 6.45) is 5.24.